The normalized spacial score (nSPS) is 13.5. The monoisotopic (exact) mass is 373 g/mol. The van der Waals surface area contributed by atoms with Crippen LogP contribution in [0.15, 0.2) is 16.9 Å². The van der Waals surface area contributed by atoms with E-state index in [4.69, 9.17) is 16.6 Å². The van der Waals surface area contributed by atoms with E-state index in [-0.39, 0.29) is 5.56 Å². The van der Waals surface area contributed by atoms with Crippen LogP contribution in [-0.2, 0) is 19.9 Å². The van der Waals surface area contributed by atoms with Gasteiger partial charge in [0.2, 0.25) is 0 Å². The Morgan fingerprint density at radius 3 is 2.58 bits per heavy atom. The van der Waals surface area contributed by atoms with Crippen molar-refractivity contribution in [3.63, 3.8) is 0 Å². The molecule has 1 N–H and O–H groups in total. The van der Waals surface area contributed by atoms with Crippen molar-refractivity contribution in [2.45, 2.75) is 58.8 Å². The maximum absolute atomic E-state index is 12.9. The second-order valence-corrected chi connectivity index (χ2v) is 7.61. The molecule has 0 spiro atoms. The zero-order chi connectivity index (χ0) is 18.7. The Bertz CT molecular complexity index is 857. The van der Waals surface area contributed by atoms with Gasteiger partial charge in [-0.2, -0.15) is 0 Å². The van der Waals surface area contributed by atoms with Crippen LogP contribution in [0.5, 0.6) is 0 Å². The molecule has 140 valence electrons. The van der Waals surface area contributed by atoms with Crippen molar-refractivity contribution >= 4 is 17.3 Å². The fourth-order valence-electron chi connectivity index (χ4n) is 3.67. The molecule has 0 saturated heterocycles. The van der Waals surface area contributed by atoms with E-state index in [0.717, 1.165) is 49.9 Å². The molecule has 1 aliphatic rings. The Balaban J connectivity index is 1.98. The first-order valence-corrected chi connectivity index (χ1v) is 10.0. The van der Waals surface area contributed by atoms with E-state index in [1.165, 1.54) is 24.0 Å². The Morgan fingerprint density at radius 2 is 1.88 bits per heavy atom. The van der Waals surface area contributed by atoms with Crippen molar-refractivity contribution in [3.05, 3.63) is 44.3 Å². The number of fused-ring (bicyclic) bond motifs is 1. The van der Waals surface area contributed by atoms with Gasteiger partial charge in [-0.3, -0.25) is 9.36 Å². The minimum Gasteiger partial charge on any atom is -0.379 e. The second kappa shape index (κ2) is 8.26. The lowest BCUT2D eigenvalue weighted by Crippen LogP contribution is -2.26. The summed E-state index contributed by atoms with van der Waals surface area (Å²) >= 11 is 6.56. The average molecular weight is 374 g/mol. The van der Waals surface area contributed by atoms with Crippen molar-refractivity contribution in [1.82, 2.24) is 9.55 Å². The third kappa shape index (κ3) is 3.80. The van der Waals surface area contributed by atoms with Crippen LogP contribution >= 0.6 is 11.6 Å². The maximum atomic E-state index is 12.9. The highest BCUT2D eigenvalue weighted by molar-refractivity contribution is 6.33. The van der Waals surface area contributed by atoms with Crippen LogP contribution in [0.3, 0.4) is 0 Å². The molecule has 1 aromatic heterocycles. The largest absolute Gasteiger partial charge is 0.379 e. The van der Waals surface area contributed by atoms with Gasteiger partial charge >= 0.3 is 0 Å². The van der Waals surface area contributed by atoms with Crippen molar-refractivity contribution in [1.29, 1.82) is 0 Å². The third-order valence-electron chi connectivity index (χ3n) is 5.23. The zero-order valence-corrected chi connectivity index (χ0v) is 16.7. The van der Waals surface area contributed by atoms with Crippen molar-refractivity contribution in [3.8, 4) is 11.4 Å². The predicted molar refractivity (Wildman–Crippen MR) is 109 cm³/mol. The Kier molecular flexibility index (Phi) is 6.02. The maximum Gasteiger partial charge on any atom is 0.277 e. The molecule has 0 atom stereocenters. The molecule has 1 heterocycles. The third-order valence-corrected chi connectivity index (χ3v) is 5.54. The van der Waals surface area contributed by atoms with Gasteiger partial charge in [0.15, 0.2) is 0 Å². The summed E-state index contributed by atoms with van der Waals surface area (Å²) in [6.45, 7) is 4.85. The van der Waals surface area contributed by atoms with Gasteiger partial charge in [-0.05, 0) is 62.3 Å². The number of benzene rings is 1. The number of nitrogens with zero attached hydrogens (tertiary/aromatic N) is 2. The number of anilines is 1. The molecular weight excluding hydrogens is 346 g/mol. The molecule has 3 rings (SSSR count). The average Bonchev–Trinajstić information content (AvgIpc) is 2.63. The molecule has 0 amide bonds. The molecule has 0 aliphatic heterocycles. The highest BCUT2D eigenvalue weighted by Gasteiger charge is 2.18. The van der Waals surface area contributed by atoms with Crippen LogP contribution in [-0.4, -0.2) is 16.1 Å². The molecule has 5 heteroatoms. The molecular formula is C21H28ClN3O. The highest BCUT2D eigenvalue weighted by Crippen LogP contribution is 2.33. The molecule has 4 nitrogen and oxygen atoms in total. The Hall–Kier alpha value is -1.81. The second-order valence-electron chi connectivity index (χ2n) is 7.20. The predicted octanol–water partition coefficient (Wildman–Crippen LogP) is 4.89. The summed E-state index contributed by atoms with van der Waals surface area (Å²) in [5.74, 6) is 0.644. The van der Waals surface area contributed by atoms with E-state index in [1.54, 1.807) is 11.6 Å². The van der Waals surface area contributed by atoms with Gasteiger partial charge in [0.25, 0.3) is 5.56 Å². The number of aromatic nitrogens is 2. The van der Waals surface area contributed by atoms with Crippen LogP contribution in [0.2, 0.25) is 5.02 Å². The van der Waals surface area contributed by atoms with Crippen LogP contribution in [0, 0.1) is 6.92 Å². The number of hydrogen-bond acceptors (Lipinski definition) is 3. The molecule has 0 unspecified atom stereocenters. The molecule has 0 bridgehead atoms. The van der Waals surface area contributed by atoms with Crippen molar-refractivity contribution < 1.29 is 0 Å². The number of rotatable bonds is 6. The summed E-state index contributed by atoms with van der Waals surface area (Å²) in [4.78, 5) is 17.6. The smallest absolute Gasteiger partial charge is 0.277 e. The van der Waals surface area contributed by atoms with E-state index < -0.39 is 0 Å². The molecule has 1 aliphatic carbocycles. The summed E-state index contributed by atoms with van der Waals surface area (Å²) < 4.78 is 1.62. The van der Waals surface area contributed by atoms with Gasteiger partial charge in [0, 0.05) is 19.2 Å². The Morgan fingerprint density at radius 1 is 1.19 bits per heavy atom. The first kappa shape index (κ1) is 19.0. The van der Waals surface area contributed by atoms with Crippen LogP contribution in [0.25, 0.3) is 11.4 Å². The summed E-state index contributed by atoms with van der Waals surface area (Å²) in [5, 5.41) is 3.95. The number of aryl methyl sites for hydroxylation is 3. The first-order chi connectivity index (χ1) is 12.5. The van der Waals surface area contributed by atoms with Gasteiger partial charge < -0.3 is 5.32 Å². The lowest BCUT2D eigenvalue weighted by molar-refractivity contribution is 0.685. The zero-order valence-electron chi connectivity index (χ0n) is 16.0. The number of halogens is 1. The van der Waals surface area contributed by atoms with E-state index in [0.29, 0.717) is 16.5 Å². The highest BCUT2D eigenvalue weighted by atomic mass is 35.5. The van der Waals surface area contributed by atoms with E-state index >= 15 is 0 Å². The molecule has 1 aromatic carbocycles. The molecule has 26 heavy (non-hydrogen) atoms. The fourth-order valence-corrected chi connectivity index (χ4v) is 3.94. The minimum atomic E-state index is -0.0437. The number of unbranched alkanes of at least 4 members (excludes halogenated alkanes) is 2. The topological polar surface area (TPSA) is 46.9 Å². The van der Waals surface area contributed by atoms with E-state index in [1.807, 2.05) is 6.92 Å². The van der Waals surface area contributed by atoms with Gasteiger partial charge in [-0.15, -0.1) is 0 Å². The lowest BCUT2D eigenvalue weighted by Gasteiger charge is -2.19. The SMILES string of the molecule is CCCCCNc1c(C)nc(-c2cc3c(cc2Cl)CCCC3)n(C)c1=O. The first-order valence-electron chi connectivity index (χ1n) is 9.66. The quantitative estimate of drug-likeness (QED) is 0.733. The van der Waals surface area contributed by atoms with E-state index in [2.05, 4.69) is 24.4 Å². The van der Waals surface area contributed by atoms with Gasteiger partial charge in [0.1, 0.15) is 11.5 Å². The lowest BCUT2D eigenvalue weighted by atomic mass is 9.90. The van der Waals surface area contributed by atoms with Crippen LogP contribution in [0.4, 0.5) is 5.69 Å². The van der Waals surface area contributed by atoms with Gasteiger partial charge in [0.05, 0.1) is 10.7 Å². The summed E-state index contributed by atoms with van der Waals surface area (Å²) in [6.07, 6.45) is 7.95. The van der Waals surface area contributed by atoms with E-state index in [9.17, 15) is 4.79 Å². The standard InChI is InChI=1S/C21H28ClN3O/c1-4-5-8-11-23-19-14(2)24-20(25(3)21(19)26)17-12-15-9-6-7-10-16(15)13-18(17)22/h12-13,23H,4-11H2,1-3H3. The van der Waals surface area contributed by atoms with Crippen molar-refractivity contribution in [2.75, 3.05) is 11.9 Å². The number of hydrogen-bond donors (Lipinski definition) is 1. The van der Waals surface area contributed by atoms with Crippen LogP contribution < -0.4 is 10.9 Å². The van der Waals surface area contributed by atoms with Crippen molar-refractivity contribution in [2.24, 2.45) is 7.05 Å². The minimum absolute atomic E-state index is 0.0437. The molecule has 0 radical (unpaired) electrons. The fraction of sp³-hybridized carbons (Fsp3) is 0.524. The summed E-state index contributed by atoms with van der Waals surface area (Å²) in [6, 6.07) is 4.19. The summed E-state index contributed by atoms with van der Waals surface area (Å²) in [5.41, 5.74) is 4.81. The molecule has 2 aromatic rings. The van der Waals surface area contributed by atoms with Gasteiger partial charge in [-0.25, -0.2) is 4.98 Å². The van der Waals surface area contributed by atoms with Gasteiger partial charge in [-0.1, -0.05) is 31.4 Å². The molecule has 0 saturated carbocycles. The molecule has 0 fully saturated rings. The summed E-state index contributed by atoms with van der Waals surface area (Å²) in [7, 11) is 1.77. The Labute approximate surface area is 160 Å². The van der Waals surface area contributed by atoms with Crippen LogP contribution in [0.1, 0.15) is 55.8 Å². The number of nitrogens with one attached hydrogen (secondary N) is 1.